The maximum Gasteiger partial charge on any atom is 0.255 e. The number of nitrogens with one attached hydrogen (secondary N) is 1. The van der Waals surface area contributed by atoms with E-state index in [1.165, 1.54) is 26.2 Å². The lowest BCUT2D eigenvalue weighted by molar-refractivity contribution is 0.102. The lowest BCUT2D eigenvalue weighted by Gasteiger charge is -2.13. The molecule has 0 fully saturated rings. The average Bonchev–Trinajstić information content (AvgIpc) is 3.16. The van der Waals surface area contributed by atoms with Crippen molar-refractivity contribution in [1.82, 2.24) is 14.1 Å². The van der Waals surface area contributed by atoms with Gasteiger partial charge in [0.15, 0.2) is 0 Å². The molecule has 1 heterocycles. The van der Waals surface area contributed by atoms with E-state index in [1.807, 2.05) is 12.3 Å². The normalized spacial score (nSPS) is 11.5. The van der Waals surface area contributed by atoms with Gasteiger partial charge in [-0.1, -0.05) is 6.07 Å². The summed E-state index contributed by atoms with van der Waals surface area (Å²) in [6, 6.07) is 14.9. The first-order chi connectivity index (χ1) is 12.4. The van der Waals surface area contributed by atoms with Gasteiger partial charge in [0.1, 0.15) is 0 Å². The van der Waals surface area contributed by atoms with Crippen LogP contribution in [0, 0.1) is 0 Å². The van der Waals surface area contributed by atoms with Crippen molar-refractivity contribution in [2.24, 2.45) is 0 Å². The summed E-state index contributed by atoms with van der Waals surface area (Å²) in [4.78, 5) is 12.5. The highest BCUT2D eigenvalue weighted by molar-refractivity contribution is 7.89. The Hall–Kier alpha value is -2.97. The summed E-state index contributed by atoms with van der Waals surface area (Å²) < 4.78 is 27.2. The van der Waals surface area contributed by atoms with Gasteiger partial charge < -0.3 is 5.32 Å². The summed E-state index contributed by atoms with van der Waals surface area (Å²) in [5, 5.41) is 6.85. The van der Waals surface area contributed by atoms with Crippen molar-refractivity contribution in [3.8, 4) is 5.69 Å². The molecule has 26 heavy (non-hydrogen) atoms. The quantitative estimate of drug-likeness (QED) is 0.747. The monoisotopic (exact) mass is 370 g/mol. The van der Waals surface area contributed by atoms with Crippen molar-refractivity contribution in [2.75, 3.05) is 19.4 Å². The van der Waals surface area contributed by atoms with Gasteiger partial charge in [-0.2, -0.15) is 5.10 Å². The number of aromatic nitrogens is 2. The second-order valence-electron chi connectivity index (χ2n) is 5.77. The molecule has 8 heteroatoms. The summed E-state index contributed by atoms with van der Waals surface area (Å²) in [5.41, 5.74) is 1.71. The zero-order valence-electron chi connectivity index (χ0n) is 14.3. The maximum absolute atomic E-state index is 12.4. The van der Waals surface area contributed by atoms with Crippen LogP contribution in [0.25, 0.3) is 5.69 Å². The molecule has 0 saturated carbocycles. The molecule has 134 valence electrons. The highest BCUT2D eigenvalue weighted by atomic mass is 32.2. The molecule has 0 radical (unpaired) electrons. The molecule has 0 aliphatic heterocycles. The Balaban J connectivity index is 1.78. The highest BCUT2D eigenvalue weighted by Crippen LogP contribution is 2.19. The number of nitrogens with zero attached hydrogens (tertiary/aromatic N) is 3. The minimum absolute atomic E-state index is 0.120. The summed E-state index contributed by atoms with van der Waals surface area (Å²) in [6.07, 6.45) is 3.49. The summed E-state index contributed by atoms with van der Waals surface area (Å²) in [6.45, 7) is 0. The number of carbonyl (C=O) groups is 1. The molecule has 0 saturated heterocycles. The van der Waals surface area contributed by atoms with Crippen molar-refractivity contribution in [1.29, 1.82) is 0 Å². The largest absolute Gasteiger partial charge is 0.322 e. The van der Waals surface area contributed by atoms with E-state index in [2.05, 4.69) is 10.4 Å². The lowest BCUT2D eigenvalue weighted by Crippen LogP contribution is -2.22. The van der Waals surface area contributed by atoms with Crippen molar-refractivity contribution in [2.45, 2.75) is 4.90 Å². The van der Waals surface area contributed by atoms with Gasteiger partial charge in [0.25, 0.3) is 5.91 Å². The van der Waals surface area contributed by atoms with Gasteiger partial charge in [-0.25, -0.2) is 17.4 Å². The van der Waals surface area contributed by atoms with E-state index < -0.39 is 10.0 Å². The number of carbonyl (C=O) groups excluding carboxylic acids is 1. The fraction of sp³-hybridized carbons (Fsp3) is 0.111. The lowest BCUT2D eigenvalue weighted by atomic mass is 10.2. The highest BCUT2D eigenvalue weighted by Gasteiger charge is 2.17. The molecule has 0 aliphatic carbocycles. The van der Waals surface area contributed by atoms with Gasteiger partial charge in [-0.15, -0.1) is 0 Å². The standard InChI is InChI=1S/C18H18N4O3S/c1-21(2)26(24,25)17-6-3-5-15(13-17)20-18(23)14-7-9-16(10-8-14)22-12-4-11-19-22/h3-13H,1-2H3,(H,20,23). The number of anilines is 1. The molecule has 3 aromatic rings. The fourth-order valence-corrected chi connectivity index (χ4v) is 3.28. The molecule has 1 amide bonds. The van der Waals surface area contributed by atoms with Crippen molar-refractivity contribution in [3.05, 3.63) is 72.6 Å². The van der Waals surface area contributed by atoms with Crippen LogP contribution in [0.3, 0.4) is 0 Å². The third kappa shape index (κ3) is 3.66. The van der Waals surface area contributed by atoms with E-state index in [0.29, 0.717) is 11.3 Å². The van der Waals surface area contributed by atoms with Crippen LogP contribution in [0.2, 0.25) is 0 Å². The Labute approximate surface area is 151 Å². The Bertz CT molecular complexity index is 1010. The van der Waals surface area contributed by atoms with Crippen molar-refractivity contribution < 1.29 is 13.2 Å². The topological polar surface area (TPSA) is 84.3 Å². The van der Waals surface area contributed by atoms with E-state index in [1.54, 1.807) is 47.3 Å². The number of amides is 1. The Morgan fingerprint density at radius 1 is 1.08 bits per heavy atom. The summed E-state index contributed by atoms with van der Waals surface area (Å²) >= 11 is 0. The van der Waals surface area contributed by atoms with Gasteiger partial charge in [0, 0.05) is 37.7 Å². The van der Waals surface area contributed by atoms with Crippen LogP contribution in [-0.2, 0) is 10.0 Å². The maximum atomic E-state index is 12.4. The zero-order chi connectivity index (χ0) is 18.7. The Morgan fingerprint density at radius 3 is 2.42 bits per heavy atom. The van der Waals surface area contributed by atoms with Crippen LogP contribution in [0.1, 0.15) is 10.4 Å². The molecule has 1 aromatic heterocycles. The predicted octanol–water partition coefficient (Wildman–Crippen LogP) is 2.37. The number of sulfonamides is 1. The Kier molecular flexibility index (Phi) is 4.88. The zero-order valence-corrected chi connectivity index (χ0v) is 15.1. The van der Waals surface area contributed by atoms with Gasteiger partial charge in [-0.3, -0.25) is 4.79 Å². The fourth-order valence-electron chi connectivity index (χ4n) is 2.34. The molecule has 0 aliphatic rings. The predicted molar refractivity (Wildman–Crippen MR) is 98.8 cm³/mol. The van der Waals surface area contributed by atoms with Crippen molar-refractivity contribution in [3.63, 3.8) is 0 Å². The van der Waals surface area contributed by atoms with E-state index in [0.717, 1.165) is 9.99 Å². The number of hydrogen-bond acceptors (Lipinski definition) is 4. The number of rotatable bonds is 5. The van der Waals surface area contributed by atoms with Crippen LogP contribution in [0.5, 0.6) is 0 Å². The molecule has 1 N–H and O–H groups in total. The molecule has 3 rings (SSSR count). The van der Waals surface area contributed by atoms with Gasteiger partial charge >= 0.3 is 0 Å². The smallest absolute Gasteiger partial charge is 0.255 e. The first kappa shape index (κ1) is 17.8. The van der Waals surface area contributed by atoms with E-state index in [-0.39, 0.29) is 10.8 Å². The molecule has 0 atom stereocenters. The van der Waals surface area contributed by atoms with Crippen LogP contribution < -0.4 is 5.32 Å². The first-order valence-corrected chi connectivity index (χ1v) is 9.26. The van der Waals surface area contributed by atoms with Crippen LogP contribution >= 0.6 is 0 Å². The van der Waals surface area contributed by atoms with E-state index >= 15 is 0 Å². The minimum atomic E-state index is -3.56. The Morgan fingerprint density at radius 2 is 1.81 bits per heavy atom. The van der Waals surface area contributed by atoms with Crippen LogP contribution in [0.15, 0.2) is 71.9 Å². The third-order valence-corrected chi connectivity index (χ3v) is 5.58. The van der Waals surface area contributed by atoms with Gasteiger partial charge in [-0.05, 0) is 48.5 Å². The molecule has 2 aromatic carbocycles. The molecule has 0 spiro atoms. The summed E-state index contributed by atoms with van der Waals surface area (Å²) in [7, 11) is -0.638. The third-order valence-electron chi connectivity index (χ3n) is 3.77. The summed E-state index contributed by atoms with van der Waals surface area (Å²) in [5.74, 6) is -0.323. The van der Waals surface area contributed by atoms with E-state index in [4.69, 9.17) is 0 Å². The number of benzene rings is 2. The number of hydrogen-bond donors (Lipinski definition) is 1. The average molecular weight is 370 g/mol. The van der Waals surface area contributed by atoms with Crippen LogP contribution in [0.4, 0.5) is 5.69 Å². The van der Waals surface area contributed by atoms with Crippen LogP contribution in [-0.4, -0.2) is 42.5 Å². The minimum Gasteiger partial charge on any atom is -0.322 e. The van der Waals surface area contributed by atoms with Gasteiger partial charge in [0.2, 0.25) is 10.0 Å². The molecular formula is C18H18N4O3S. The van der Waals surface area contributed by atoms with E-state index in [9.17, 15) is 13.2 Å². The molecular weight excluding hydrogens is 352 g/mol. The second-order valence-corrected chi connectivity index (χ2v) is 7.92. The molecule has 0 unspecified atom stereocenters. The SMILES string of the molecule is CN(C)S(=O)(=O)c1cccc(NC(=O)c2ccc(-n3cccn3)cc2)c1. The first-order valence-electron chi connectivity index (χ1n) is 7.82. The second kappa shape index (κ2) is 7.11. The molecule has 0 bridgehead atoms. The molecule has 7 nitrogen and oxygen atoms in total. The van der Waals surface area contributed by atoms with Crippen molar-refractivity contribution >= 4 is 21.6 Å². The van der Waals surface area contributed by atoms with Gasteiger partial charge in [0.05, 0.1) is 10.6 Å².